The molecule has 5 heteroatoms. The molecule has 1 aromatic heterocycles. The first-order chi connectivity index (χ1) is 8.24. The molecule has 0 aliphatic heterocycles. The van der Waals surface area contributed by atoms with E-state index in [9.17, 15) is 4.79 Å². The molecule has 0 fully saturated rings. The summed E-state index contributed by atoms with van der Waals surface area (Å²) in [7, 11) is 3.15. The quantitative estimate of drug-likeness (QED) is 0.870. The Morgan fingerprint density at radius 3 is 2.65 bits per heavy atom. The van der Waals surface area contributed by atoms with Crippen LogP contribution in [0.25, 0.3) is 11.3 Å². The van der Waals surface area contributed by atoms with E-state index in [0.29, 0.717) is 17.2 Å². The number of methoxy groups -OCH3 is 2. The maximum atomic E-state index is 11.3. The second-order valence-corrected chi connectivity index (χ2v) is 3.36. The molecule has 1 N–H and O–H groups in total. The number of nitrogens with one attached hydrogen (secondary N) is 1. The highest BCUT2D eigenvalue weighted by Gasteiger charge is 2.09. The number of hydrogen-bond acceptors (Lipinski definition) is 4. The van der Waals surface area contributed by atoms with Gasteiger partial charge in [-0.05, 0) is 18.2 Å². The molecule has 1 aromatic carbocycles. The van der Waals surface area contributed by atoms with Crippen molar-refractivity contribution in [3.8, 4) is 22.8 Å². The molecule has 0 aliphatic carbocycles. The molecule has 2 aromatic rings. The summed E-state index contributed by atoms with van der Waals surface area (Å²) in [5, 5.41) is 0. The van der Waals surface area contributed by atoms with Crippen LogP contribution in [-0.4, -0.2) is 24.2 Å². The standard InChI is InChI=1S/C12H12N2O3/c1-16-8-3-4-11(17-2)9(5-8)10-6-12(15)14-7-13-10/h3-7H,1-2H3,(H,13,14,15). The average molecular weight is 232 g/mol. The summed E-state index contributed by atoms with van der Waals surface area (Å²) in [6.07, 6.45) is 1.36. The molecule has 0 radical (unpaired) electrons. The van der Waals surface area contributed by atoms with Gasteiger partial charge in [0, 0.05) is 11.6 Å². The fourth-order valence-electron chi connectivity index (χ4n) is 1.53. The van der Waals surface area contributed by atoms with Crippen LogP contribution >= 0.6 is 0 Å². The first-order valence-electron chi connectivity index (χ1n) is 5.01. The van der Waals surface area contributed by atoms with Crippen LogP contribution in [0, 0.1) is 0 Å². The van der Waals surface area contributed by atoms with E-state index in [2.05, 4.69) is 9.97 Å². The van der Waals surface area contributed by atoms with Crippen molar-refractivity contribution < 1.29 is 9.47 Å². The molecule has 0 aliphatic rings. The lowest BCUT2D eigenvalue weighted by Crippen LogP contribution is -2.05. The van der Waals surface area contributed by atoms with Gasteiger partial charge in [0.2, 0.25) is 0 Å². The predicted octanol–water partition coefficient (Wildman–Crippen LogP) is 1.45. The Hall–Kier alpha value is -2.30. The molecule has 0 amide bonds. The zero-order chi connectivity index (χ0) is 12.3. The molecular weight excluding hydrogens is 220 g/mol. The van der Waals surface area contributed by atoms with Gasteiger partial charge in [-0.15, -0.1) is 0 Å². The zero-order valence-electron chi connectivity index (χ0n) is 9.56. The van der Waals surface area contributed by atoms with E-state index in [1.807, 2.05) is 0 Å². The lowest BCUT2D eigenvalue weighted by Gasteiger charge is -2.09. The van der Waals surface area contributed by atoms with Crippen molar-refractivity contribution in [2.75, 3.05) is 14.2 Å². The van der Waals surface area contributed by atoms with Gasteiger partial charge in [0.1, 0.15) is 11.5 Å². The maximum Gasteiger partial charge on any atom is 0.251 e. The first-order valence-corrected chi connectivity index (χ1v) is 5.01. The van der Waals surface area contributed by atoms with E-state index in [0.717, 1.165) is 5.56 Å². The van der Waals surface area contributed by atoms with Gasteiger partial charge in [0.05, 0.1) is 26.2 Å². The Morgan fingerprint density at radius 2 is 2.00 bits per heavy atom. The lowest BCUT2D eigenvalue weighted by atomic mass is 10.1. The third kappa shape index (κ3) is 2.28. The van der Waals surface area contributed by atoms with Crippen molar-refractivity contribution >= 4 is 0 Å². The van der Waals surface area contributed by atoms with Gasteiger partial charge in [-0.1, -0.05) is 0 Å². The van der Waals surface area contributed by atoms with Gasteiger partial charge in [0.15, 0.2) is 0 Å². The Kier molecular flexibility index (Phi) is 3.09. The largest absolute Gasteiger partial charge is 0.497 e. The van der Waals surface area contributed by atoms with E-state index in [4.69, 9.17) is 9.47 Å². The Bertz CT molecular complexity index is 578. The minimum atomic E-state index is -0.208. The summed E-state index contributed by atoms with van der Waals surface area (Å²) in [4.78, 5) is 17.8. The highest BCUT2D eigenvalue weighted by Crippen LogP contribution is 2.31. The number of nitrogens with zero attached hydrogens (tertiary/aromatic N) is 1. The van der Waals surface area contributed by atoms with Crippen molar-refractivity contribution in [1.82, 2.24) is 9.97 Å². The van der Waals surface area contributed by atoms with Gasteiger partial charge in [-0.25, -0.2) is 4.98 Å². The fraction of sp³-hybridized carbons (Fsp3) is 0.167. The first kappa shape index (κ1) is 11.2. The number of ether oxygens (including phenoxy) is 2. The van der Waals surface area contributed by atoms with Gasteiger partial charge < -0.3 is 14.5 Å². The van der Waals surface area contributed by atoms with Gasteiger partial charge in [0.25, 0.3) is 5.56 Å². The SMILES string of the molecule is COc1ccc(OC)c(-c2cc(=O)[nH]cn2)c1. The highest BCUT2D eigenvalue weighted by atomic mass is 16.5. The summed E-state index contributed by atoms with van der Waals surface area (Å²) in [6, 6.07) is 6.75. The molecule has 0 saturated carbocycles. The van der Waals surface area contributed by atoms with Crippen molar-refractivity contribution in [3.63, 3.8) is 0 Å². The minimum absolute atomic E-state index is 0.208. The van der Waals surface area contributed by atoms with Gasteiger partial charge in [-0.2, -0.15) is 0 Å². The molecule has 0 atom stereocenters. The van der Waals surface area contributed by atoms with Crippen LogP contribution in [0.3, 0.4) is 0 Å². The number of hydrogen-bond donors (Lipinski definition) is 1. The predicted molar refractivity (Wildman–Crippen MR) is 63.4 cm³/mol. The third-order valence-electron chi connectivity index (χ3n) is 2.36. The van der Waals surface area contributed by atoms with E-state index in [-0.39, 0.29) is 5.56 Å². The summed E-state index contributed by atoms with van der Waals surface area (Å²) in [5.41, 5.74) is 1.06. The van der Waals surface area contributed by atoms with Crippen LogP contribution in [0.4, 0.5) is 0 Å². The molecule has 0 saturated heterocycles. The monoisotopic (exact) mass is 232 g/mol. The minimum Gasteiger partial charge on any atom is -0.497 e. The van der Waals surface area contributed by atoms with Crippen LogP contribution in [0.15, 0.2) is 35.4 Å². The van der Waals surface area contributed by atoms with Crippen molar-refractivity contribution in [2.45, 2.75) is 0 Å². The molecule has 1 heterocycles. The zero-order valence-corrected chi connectivity index (χ0v) is 9.56. The van der Waals surface area contributed by atoms with Gasteiger partial charge >= 0.3 is 0 Å². The molecule has 5 nitrogen and oxygen atoms in total. The van der Waals surface area contributed by atoms with Crippen LogP contribution in [-0.2, 0) is 0 Å². The third-order valence-corrected chi connectivity index (χ3v) is 2.36. The Labute approximate surface area is 98.0 Å². The van der Waals surface area contributed by atoms with E-state index in [1.54, 1.807) is 32.4 Å². The number of H-pyrrole nitrogens is 1. The molecule has 88 valence electrons. The molecule has 0 bridgehead atoms. The van der Waals surface area contributed by atoms with Crippen LogP contribution in [0.1, 0.15) is 0 Å². The van der Waals surface area contributed by atoms with Crippen LogP contribution < -0.4 is 15.0 Å². The van der Waals surface area contributed by atoms with Crippen molar-refractivity contribution in [1.29, 1.82) is 0 Å². The highest BCUT2D eigenvalue weighted by molar-refractivity contribution is 5.68. The second-order valence-electron chi connectivity index (χ2n) is 3.36. The summed E-state index contributed by atoms with van der Waals surface area (Å²) < 4.78 is 10.4. The van der Waals surface area contributed by atoms with Crippen LogP contribution in [0.5, 0.6) is 11.5 Å². The Morgan fingerprint density at radius 1 is 1.18 bits per heavy atom. The van der Waals surface area contributed by atoms with E-state index in [1.165, 1.54) is 12.4 Å². The lowest BCUT2D eigenvalue weighted by molar-refractivity contribution is 0.404. The normalized spacial score (nSPS) is 10.0. The van der Waals surface area contributed by atoms with Crippen molar-refractivity contribution in [3.05, 3.63) is 40.9 Å². The average Bonchev–Trinajstić information content (AvgIpc) is 2.38. The van der Waals surface area contributed by atoms with Crippen molar-refractivity contribution in [2.24, 2.45) is 0 Å². The number of aromatic amines is 1. The summed E-state index contributed by atoms with van der Waals surface area (Å²) in [6.45, 7) is 0. The van der Waals surface area contributed by atoms with Crippen LogP contribution in [0.2, 0.25) is 0 Å². The second kappa shape index (κ2) is 4.69. The number of aromatic nitrogens is 2. The van der Waals surface area contributed by atoms with E-state index >= 15 is 0 Å². The molecule has 2 rings (SSSR count). The maximum absolute atomic E-state index is 11.3. The molecule has 0 unspecified atom stereocenters. The Balaban J connectivity index is 2.59. The summed E-state index contributed by atoms with van der Waals surface area (Å²) >= 11 is 0. The molecule has 0 spiro atoms. The van der Waals surface area contributed by atoms with E-state index < -0.39 is 0 Å². The topological polar surface area (TPSA) is 64.2 Å². The fourth-order valence-corrected chi connectivity index (χ4v) is 1.53. The molecular formula is C12H12N2O3. The smallest absolute Gasteiger partial charge is 0.251 e. The number of rotatable bonds is 3. The number of benzene rings is 1. The summed E-state index contributed by atoms with van der Waals surface area (Å²) in [5.74, 6) is 1.33. The molecule has 17 heavy (non-hydrogen) atoms. The van der Waals surface area contributed by atoms with Gasteiger partial charge in [-0.3, -0.25) is 4.79 Å².